The number of benzene rings is 1. The summed E-state index contributed by atoms with van der Waals surface area (Å²) in [6.07, 6.45) is 2.69. The predicted molar refractivity (Wildman–Crippen MR) is 66.7 cm³/mol. The highest BCUT2D eigenvalue weighted by atomic mass is 15.1. The van der Waals surface area contributed by atoms with Crippen molar-refractivity contribution in [1.29, 1.82) is 5.26 Å². The van der Waals surface area contributed by atoms with E-state index in [2.05, 4.69) is 29.7 Å². The Balaban J connectivity index is 2.72. The van der Waals surface area contributed by atoms with Crippen LogP contribution in [-0.4, -0.2) is 17.5 Å². The van der Waals surface area contributed by atoms with Crippen molar-refractivity contribution in [2.24, 2.45) is 0 Å². The minimum atomic E-state index is -0.0294. The van der Waals surface area contributed by atoms with Crippen LogP contribution >= 0.6 is 0 Å². The van der Waals surface area contributed by atoms with E-state index in [4.69, 9.17) is 5.26 Å². The molecule has 1 rings (SSSR count). The van der Waals surface area contributed by atoms with E-state index in [1.807, 2.05) is 31.2 Å². The molecule has 2 nitrogen and oxygen atoms in total. The van der Waals surface area contributed by atoms with Gasteiger partial charge in [0, 0.05) is 13.1 Å². The van der Waals surface area contributed by atoms with E-state index in [0.29, 0.717) is 0 Å². The van der Waals surface area contributed by atoms with E-state index in [9.17, 15) is 0 Å². The first kappa shape index (κ1) is 12.5. The molecule has 0 fully saturated rings. The van der Waals surface area contributed by atoms with E-state index in [1.165, 1.54) is 5.56 Å². The van der Waals surface area contributed by atoms with Crippen molar-refractivity contribution >= 4 is 0 Å². The van der Waals surface area contributed by atoms with E-state index in [1.54, 1.807) is 0 Å². The van der Waals surface area contributed by atoms with E-state index >= 15 is 0 Å². The average Bonchev–Trinajstić information content (AvgIpc) is 2.32. The van der Waals surface area contributed by atoms with Crippen LogP contribution in [0.5, 0.6) is 0 Å². The molecule has 2 heteroatoms. The Morgan fingerprint density at radius 1 is 1.44 bits per heavy atom. The molecule has 0 aliphatic carbocycles. The van der Waals surface area contributed by atoms with Crippen LogP contribution in [0.2, 0.25) is 0 Å². The third kappa shape index (κ3) is 3.52. The molecule has 1 unspecified atom stereocenters. The zero-order valence-corrected chi connectivity index (χ0v) is 9.76. The molecule has 0 saturated heterocycles. The van der Waals surface area contributed by atoms with E-state index in [-0.39, 0.29) is 6.04 Å². The molecule has 0 aromatic heterocycles. The molecule has 0 saturated carbocycles. The molecule has 0 bridgehead atoms. The van der Waals surface area contributed by atoms with Gasteiger partial charge in [-0.25, -0.2) is 0 Å². The lowest BCUT2D eigenvalue weighted by Crippen LogP contribution is -2.33. The van der Waals surface area contributed by atoms with Crippen LogP contribution in [-0.2, 0) is 6.54 Å². The van der Waals surface area contributed by atoms with Gasteiger partial charge in [-0.3, -0.25) is 4.90 Å². The first-order chi connectivity index (χ1) is 7.81. The van der Waals surface area contributed by atoms with E-state index in [0.717, 1.165) is 19.5 Å². The van der Waals surface area contributed by atoms with Gasteiger partial charge in [-0.05, 0) is 12.0 Å². The quantitative estimate of drug-likeness (QED) is 0.681. The van der Waals surface area contributed by atoms with Crippen molar-refractivity contribution < 1.29 is 0 Å². The van der Waals surface area contributed by atoms with Gasteiger partial charge in [0.15, 0.2) is 0 Å². The number of hydrogen-bond donors (Lipinski definition) is 0. The lowest BCUT2D eigenvalue weighted by Gasteiger charge is -2.24. The Morgan fingerprint density at radius 3 is 2.62 bits per heavy atom. The lowest BCUT2D eigenvalue weighted by molar-refractivity contribution is 0.245. The predicted octanol–water partition coefficient (Wildman–Crippen LogP) is 2.98. The summed E-state index contributed by atoms with van der Waals surface area (Å²) in [6, 6.07) is 12.5. The molecule has 0 N–H and O–H groups in total. The third-order valence-electron chi connectivity index (χ3n) is 2.57. The maximum atomic E-state index is 9.08. The summed E-state index contributed by atoms with van der Waals surface area (Å²) in [4.78, 5) is 2.14. The third-order valence-corrected chi connectivity index (χ3v) is 2.57. The summed E-state index contributed by atoms with van der Waals surface area (Å²) in [5, 5.41) is 9.08. The summed E-state index contributed by atoms with van der Waals surface area (Å²) in [6.45, 7) is 7.33. The van der Waals surface area contributed by atoms with Crippen molar-refractivity contribution in [1.82, 2.24) is 4.90 Å². The van der Waals surface area contributed by atoms with Gasteiger partial charge in [-0.2, -0.15) is 5.26 Å². The van der Waals surface area contributed by atoms with E-state index < -0.39 is 0 Å². The normalized spacial score (nSPS) is 12.1. The first-order valence-corrected chi connectivity index (χ1v) is 5.60. The minimum Gasteiger partial charge on any atom is -0.280 e. The van der Waals surface area contributed by atoms with Crippen LogP contribution in [0.3, 0.4) is 0 Å². The zero-order chi connectivity index (χ0) is 11.8. The Morgan fingerprint density at radius 2 is 2.12 bits per heavy atom. The molecule has 16 heavy (non-hydrogen) atoms. The molecule has 1 aromatic carbocycles. The van der Waals surface area contributed by atoms with Crippen molar-refractivity contribution in [3.05, 3.63) is 48.6 Å². The maximum Gasteiger partial charge on any atom is 0.0980 e. The number of hydrogen-bond acceptors (Lipinski definition) is 2. The molecule has 0 radical (unpaired) electrons. The summed E-state index contributed by atoms with van der Waals surface area (Å²) in [5.41, 5.74) is 1.23. The second-order valence-corrected chi connectivity index (χ2v) is 3.76. The number of nitriles is 1. The molecule has 0 aliphatic heterocycles. The second kappa shape index (κ2) is 6.81. The smallest absolute Gasteiger partial charge is 0.0980 e. The van der Waals surface area contributed by atoms with Crippen molar-refractivity contribution in [3.63, 3.8) is 0 Å². The SMILES string of the molecule is C=CCN(Cc1ccccc1)C(C#N)CC. The van der Waals surface area contributed by atoms with Gasteiger partial charge in [0.25, 0.3) is 0 Å². The summed E-state index contributed by atoms with van der Waals surface area (Å²) in [5.74, 6) is 0. The molecule has 0 amide bonds. The van der Waals surface area contributed by atoms with Crippen LogP contribution in [0.25, 0.3) is 0 Å². The highest BCUT2D eigenvalue weighted by molar-refractivity contribution is 5.15. The van der Waals surface area contributed by atoms with Gasteiger partial charge in [-0.15, -0.1) is 6.58 Å². The second-order valence-electron chi connectivity index (χ2n) is 3.76. The number of rotatable bonds is 6. The fourth-order valence-electron chi connectivity index (χ4n) is 1.72. The van der Waals surface area contributed by atoms with Crippen molar-refractivity contribution in [2.75, 3.05) is 6.54 Å². The summed E-state index contributed by atoms with van der Waals surface area (Å²) < 4.78 is 0. The topological polar surface area (TPSA) is 27.0 Å². The van der Waals surface area contributed by atoms with Gasteiger partial charge in [-0.1, -0.05) is 43.3 Å². The first-order valence-electron chi connectivity index (χ1n) is 5.60. The van der Waals surface area contributed by atoms with Gasteiger partial charge in [0.05, 0.1) is 12.1 Å². The zero-order valence-electron chi connectivity index (χ0n) is 9.76. The Kier molecular flexibility index (Phi) is 5.31. The molecule has 1 atom stereocenters. The summed E-state index contributed by atoms with van der Waals surface area (Å²) in [7, 11) is 0. The average molecular weight is 214 g/mol. The van der Waals surface area contributed by atoms with Crippen molar-refractivity contribution in [2.45, 2.75) is 25.9 Å². The molecule has 0 aliphatic rings. The van der Waals surface area contributed by atoms with Gasteiger partial charge >= 0.3 is 0 Å². The highest BCUT2D eigenvalue weighted by Gasteiger charge is 2.14. The van der Waals surface area contributed by atoms with Gasteiger partial charge < -0.3 is 0 Å². The Hall–Kier alpha value is -1.59. The number of nitrogens with zero attached hydrogens (tertiary/aromatic N) is 2. The Labute approximate surface area is 97.8 Å². The van der Waals surface area contributed by atoms with Gasteiger partial charge in [0.2, 0.25) is 0 Å². The monoisotopic (exact) mass is 214 g/mol. The highest BCUT2D eigenvalue weighted by Crippen LogP contribution is 2.10. The minimum absolute atomic E-state index is 0.0294. The molecule has 1 aromatic rings. The fourth-order valence-corrected chi connectivity index (χ4v) is 1.72. The standard InChI is InChI=1S/C14H18N2/c1-3-10-16(14(4-2)11-15)12-13-8-6-5-7-9-13/h3,5-9,14H,1,4,10,12H2,2H3. The molecule has 0 heterocycles. The van der Waals surface area contributed by atoms with Crippen LogP contribution in [0.4, 0.5) is 0 Å². The summed E-state index contributed by atoms with van der Waals surface area (Å²) >= 11 is 0. The Bertz CT molecular complexity index is 351. The molecule has 0 spiro atoms. The largest absolute Gasteiger partial charge is 0.280 e. The van der Waals surface area contributed by atoms with Crippen LogP contribution < -0.4 is 0 Å². The molecule has 84 valence electrons. The van der Waals surface area contributed by atoms with Crippen LogP contribution in [0.15, 0.2) is 43.0 Å². The fraction of sp³-hybridized carbons (Fsp3) is 0.357. The molecular formula is C14H18N2. The molecular weight excluding hydrogens is 196 g/mol. The maximum absolute atomic E-state index is 9.08. The lowest BCUT2D eigenvalue weighted by atomic mass is 10.1. The van der Waals surface area contributed by atoms with Crippen molar-refractivity contribution in [3.8, 4) is 6.07 Å². The van der Waals surface area contributed by atoms with Crippen LogP contribution in [0.1, 0.15) is 18.9 Å². The van der Waals surface area contributed by atoms with Gasteiger partial charge in [0.1, 0.15) is 0 Å². The van der Waals surface area contributed by atoms with Crippen LogP contribution in [0, 0.1) is 11.3 Å².